The van der Waals surface area contributed by atoms with E-state index >= 15 is 0 Å². The third kappa shape index (κ3) is 4.00. The Labute approximate surface area is 134 Å². The molecule has 23 heavy (non-hydrogen) atoms. The van der Waals surface area contributed by atoms with E-state index in [0.29, 0.717) is 0 Å². The minimum atomic E-state index is -1.52. The van der Waals surface area contributed by atoms with Crippen molar-refractivity contribution >= 4 is 23.1 Å². The number of carbonyl (C=O) groups excluding carboxylic acids is 1. The molecule has 0 radical (unpaired) electrons. The molecule has 0 aliphatic rings. The fraction of sp³-hybridized carbons (Fsp3) is 0.438. The number of nitrogens with zero attached hydrogens (tertiary/aromatic N) is 2. The summed E-state index contributed by atoms with van der Waals surface area (Å²) in [6, 6.07) is 7.39. The largest absolute Gasteiger partial charge is 0.479 e. The van der Waals surface area contributed by atoms with E-state index in [9.17, 15) is 14.7 Å². The average molecular weight is 319 g/mol. The molecule has 0 saturated carbocycles. The van der Waals surface area contributed by atoms with Gasteiger partial charge in [-0.15, -0.1) is 0 Å². The molecule has 1 aromatic carbocycles. The molecule has 2 rings (SSSR count). The first-order chi connectivity index (χ1) is 10.6. The highest BCUT2D eigenvalue weighted by Gasteiger charge is 2.37. The second-order valence-corrected chi connectivity index (χ2v) is 6.63. The Kier molecular flexibility index (Phi) is 4.31. The number of carbonyl (C=O) groups is 2. The molecule has 1 amide bonds. The van der Waals surface area contributed by atoms with Crippen molar-refractivity contribution < 1.29 is 19.4 Å². The van der Waals surface area contributed by atoms with Crippen LogP contribution in [0.1, 0.15) is 27.7 Å². The van der Waals surface area contributed by atoms with E-state index in [1.54, 1.807) is 31.7 Å². The quantitative estimate of drug-likeness (QED) is 0.902. The number of carboxylic acids is 1. The number of aromatic nitrogens is 2. The molecule has 1 unspecified atom stereocenters. The van der Waals surface area contributed by atoms with Crippen LogP contribution in [0.25, 0.3) is 11.0 Å². The summed E-state index contributed by atoms with van der Waals surface area (Å²) in [5.41, 5.74) is -0.666. The summed E-state index contributed by atoms with van der Waals surface area (Å²) in [4.78, 5) is 27.9. The monoisotopic (exact) mass is 319 g/mol. The number of para-hydroxylation sites is 2. The number of aliphatic carboxylic acids is 1. The highest BCUT2D eigenvalue weighted by molar-refractivity contribution is 5.84. The van der Waals surface area contributed by atoms with Gasteiger partial charge in [-0.1, -0.05) is 12.1 Å². The van der Waals surface area contributed by atoms with Crippen molar-refractivity contribution in [3.8, 4) is 0 Å². The third-order valence-electron chi connectivity index (χ3n) is 3.26. The lowest BCUT2D eigenvalue weighted by atomic mass is 10.0. The summed E-state index contributed by atoms with van der Waals surface area (Å²) in [5.74, 6) is -1.15. The van der Waals surface area contributed by atoms with Crippen molar-refractivity contribution in [3.63, 3.8) is 0 Å². The maximum Gasteiger partial charge on any atom is 0.408 e. The number of alkyl carbamates (subject to hydrolysis) is 1. The maximum atomic E-state index is 11.9. The standard InChI is InChI=1S/C16H21N3O4/c1-15(2,3)23-14(22)18-16(4,13(20)21)9-19-10-17-11-7-5-6-8-12(11)19/h5-8,10H,9H2,1-4H3,(H,18,22)(H,20,21). The minimum absolute atomic E-state index is 0.0299. The molecule has 2 aromatic rings. The number of amides is 1. The van der Waals surface area contributed by atoms with Crippen LogP contribution in [0.4, 0.5) is 4.79 Å². The van der Waals surface area contributed by atoms with Gasteiger partial charge in [0.15, 0.2) is 5.54 Å². The van der Waals surface area contributed by atoms with Gasteiger partial charge in [-0.05, 0) is 39.8 Å². The van der Waals surface area contributed by atoms with Crippen LogP contribution in [0.3, 0.4) is 0 Å². The first-order valence-corrected chi connectivity index (χ1v) is 7.25. The van der Waals surface area contributed by atoms with Gasteiger partial charge in [0.2, 0.25) is 0 Å². The zero-order valence-electron chi connectivity index (χ0n) is 13.7. The summed E-state index contributed by atoms with van der Waals surface area (Å²) < 4.78 is 6.85. The Balaban J connectivity index is 2.24. The van der Waals surface area contributed by atoms with E-state index in [2.05, 4.69) is 10.3 Å². The number of carboxylic acid groups (broad SMARTS) is 1. The van der Waals surface area contributed by atoms with Crippen LogP contribution in [0.5, 0.6) is 0 Å². The molecular formula is C16H21N3O4. The van der Waals surface area contributed by atoms with E-state index in [-0.39, 0.29) is 6.54 Å². The predicted molar refractivity (Wildman–Crippen MR) is 85.1 cm³/mol. The molecule has 124 valence electrons. The number of fused-ring (bicyclic) bond motifs is 1. The highest BCUT2D eigenvalue weighted by atomic mass is 16.6. The first-order valence-electron chi connectivity index (χ1n) is 7.25. The normalized spacial score (nSPS) is 14.3. The van der Waals surface area contributed by atoms with Gasteiger partial charge in [0.1, 0.15) is 5.60 Å². The van der Waals surface area contributed by atoms with Gasteiger partial charge in [-0.3, -0.25) is 0 Å². The predicted octanol–water partition coefficient (Wildman–Crippen LogP) is 2.40. The molecule has 2 N–H and O–H groups in total. The second-order valence-electron chi connectivity index (χ2n) is 6.63. The average Bonchev–Trinajstić information content (AvgIpc) is 2.79. The van der Waals surface area contributed by atoms with E-state index in [1.807, 2.05) is 24.3 Å². The van der Waals surface area contributed by atoms with Gasteiger partial charge < -0.3 is 19.7 Å². The SMILES string of the molecule is CC(C)(C)OC(=O)NC(C)(Cn1cnc2ccccc21)C(=O)O. The van der Waals surface area contributed by atoms with Crippen molar-refractivity contribution in [2.45, 2.75) is 45.4 Å². The lowest BCUT2D eigenvalue weighted by molar-refractivity contribution is -0.144. The van der Waals surface area contributed by atoms with Gasteiger partial charge in [0.05, 0.1) is 23.9 Å². The van der Waals surface area contributed by atoms with Crippen LogP contribution >= 0.6 is 0 Å². The van der Waals surface area contributed by atoms with Crippen LogP contribution in [-0.2, 0) is 16.1 Å². The zero-order valence-corrected chi connectivity index (χ0v) is 13.7. The fourth-order valence-electron chi connectivity index (χ4n) is 2.17. The number of benzene rings is 1. The fourth-order valence-corrected chi connectivity index (χ4v) is 2.17. The summed E-state index contributed by atoms with van der Waals surface area (Å²) in [7, 11) is 0. The van der Waals surface area contributed by atoms with Crippen LogP contribution in [-0.4, -0.2) is 37.9 Å². The Bertz CT molecular complexity index is 732. The van der Waals surface area contributed by atoms with E-state index < -0.39 is 23.2 Å². The maximum absolute atomic E-state index is 11.9. The molecule has 1 atom stereocenters. The van der Waals surface area contributed by atoms with Crippen molar-refractivity contribution in [3.05, 3.63) is 30.6 Å². The summed E-state index contributed by atoms with van der Waals surface area (Å²) in [6.07, 6.45) is 0.787. The lowest BCUT2D eigenvalue weighted by Gasteiger charge is -2.29. The van der Waals surface area contributed by atoms with Crippen molar-refractivity contribution in [1.29, 1.82) is 0 Å². The lowest BCUT2D eigenvalue weighted by Crippen LogP contribution is -2.55. The molecule has 7 nitrogen and oxygen atoms in total. The number of imidazole rings is 1. The smallest absolute Gasteiger partial charge is 0.408 e. The molecular weight excluding hydrogens is 298 g/mol. The molecule has 7 heteroatoms. The van der Waals surface area contributed by atoms with Crippen molar-refractivity contribution in [1.82, 2.24) is 14.9 Å². The number of hydrogen-bond acceptors (Lipinski definition) is 4. The summed E-state index contributed by atoms with van der Waals surface area (Å²) in [5, 5.41) is 12.0. The Hall–Kier alpha value is -2.57. The highest BCUT2D eigenvalue weighted by Crippen LogP contribution is 2.17. The topological polar surface area (TPSA) is 93.5 Å². The molecule has 0 saturated heterocycles. The molecule has 0 aliphatic carbocycles. The van der Waals surface area contributed by atoms with Crippen LogP contribution < -0.4 is 5.32 Å². The van der Waals surface area contributed by atoms with E-state index in [4.69, 9.17) is 4.74 Å². The van der Waals surface area contributed by atoms with Gasteiger partial charge in [0, 0.05) is 0 Å². The molecule has 0 aliphatic heterocycles. The first kappa shape index (κ1) is 16.8. The van der Waals surface area contributed by atoms with Gasteiger partial charge in [-0.2, -0.15) is 0 Å². The van der Waals surface area contributed by atoms with E-state index in [1.165, 1.54) is 6.92 Å². The molecule has 0 fully saturated rings. The van der Waals surface area contributed by atoms with Gasteiger partial charge in [0.25, 0.3) is 0 Å². The second kappa shape index (κ2) is 5.91. The minimum Gasteiger partial charge on any atom is -0.479 e. The van der Waals surface area contributed by atoms with Gasteiger partial charge in [-0.25, -0.2) is 14.6 Å². The van der Waals surface area contributed by atoms with Crippen molar-refractivity contribution in [2.24, 2.45) is 0 Å². The Morgan fingerprint density at radius 1 is 1.26 bits per heavy atom. The summed E-state index contributed by atoms with van der Waals surface area (Å²) in [6.45, 7) is 6.62. The Morgan fingerprint density at radius 2 is 1.91 bits per heavy atom. The number of ether oxygens (including phenoxy) is 1. The number of hydrogen-bond donors (Lipinski definition) is 2. The zero-order chi connectivity index (χ0) is 17.3. The molecule has 0 bridgehead atoms. The third-order valence-corrected chi connectivity index (χ3v) is 3.26. The molecule has 1 heterocycles. The number of rotatable bonds is 4. The van der Waals surface area contributed by atoms with Crippen LogP contribution in [0.15, 0.2) is 30.6 Å². The molecule has 1 aromatic heterocycles. The van der Waals surface area contributed by atoms with Crippen LogP contribution in [0.2, 0.25) is 0 Å². The number of nitrogens with one attached hydrogen (secondary N) is 1. The van der Waals surface area contributed by atoms with Crippen LogP contribution in [0, 0.1) is 0 Å². The van der Waals surface area contributed by atoms with Crippen molar-refractivity contribution in [2.75, 3.05) is 0 Å². The summed E-state index contributed by atoms with van der Waals surface area (Å²) >= 11 is 0. The van der Waals surface area contributed by atoms with E-state index in [0.717, 1.165) is 11.0 Å². The van der Waals surface area contributed by atoms with Gasteiger partial charge >= 0.3 is 12.1 Å². The molecule has 0 spiro atoms. The Morgan fingerprint density at radius 3 is 2.52 bits per heavy atom.